The lowest BCUT2D eigenvalue weighted by molar-refractivity contribution is 0.0983. The molecule has 0 bridgehead atoms. The molecule has 5 heteroatoms. The second kappa shape index (κ2) is 7.43. The molecule has 0 aliphatic carbocycles. The minimum Gasteiger partial charge on any atom is -0.341 e. The molecule has 126 valence electrons. The van der Waals surface area contributed by atoms with Gasteiger partial charge in [0.15, 0.2) is 0 Å². The van der Waals surface area contributed by atoms with E-state index in [1.807, 2.05) is 44.2 Å². The third kappa shape index (κ3) is 3.55. The van der Waals surface area contributed by atoms with E-state index in [1.165, 1.54) is 6.42 Å². The minimum atomic E-state index is -0.0764. The van der Waals surface area contributed by atoms with Crippen molar-refractivity contribution in [2.45, 2.75) is 33.1 Å². The lowest BCUT2D eigenvalue weighted by Crippen LogP contribution is -2.34. The van der Waals surface area contributed by atoms with Gasteiger partial charge in [0.25, 0.3) is 5.91 Å². The van der Waals surface area contributed by atoms with E-state index in [9.17, 15) is 4.79 Å². The molecule has 1 aromatic heterocycles. The summed E-state index contributed by atoms with van der Waals surface area (Å²) in [5.41, 5.74) is 2.19. The average Bonchev–Trinajstić information content (AvgIpc) is 2.63. The second-order valence-electron chi connectivity index (χ2n) is 6.13. The molecule has 5 nitrogen and oxygen atoms in total. The van der Waals surface area contributed by atoms with E-state index >= 15 is 0 Å². The first-order valence-electron chi connectivity index (χ1n) is 8.66. The lowest BCUT2D eigenvalue weighted by atomic mass is 10.1. The maximum absolute atomic E-state index is 13.0. The van der Waals surface area contributed by atoms with Crippen molar-refractivity contribution in [1.82, 2.24) is 9.97 Å². The summed E-state index contributed by atoms with van der Waals surface area (Å²) in [4.78, 5) is 26.0. The first-order chi connectivity index (χ1) is 11.7. The quantitative estimate of drug-likeness (QED) is 0.864. The number of carbonyl (C=O) groups excluding carboxylic acids is 1. The third-order valence-corrected chi connectivity index (χ3v) is 4.33. The van der Waals surface area contributed by atoms with E-state index in [0.29, 0.717) is 18.2 Å². The van der Waals surface area contributed by atoms with Crippen LogP contribution in [0.1, 0.15) is 42.4 Å². The van der Waals surface area contributed by atoms with Gasteiger partial charge in [-0.15, -0.1) is 0 Å². The predicted molar refractivity (Wildman–Crippen MR) is 96.6 cm³/mol. The summed E-state index contributed by atoms with van der Waals surface area (Å²) < 4.78 is 0. The average molecular weight is 324 g/mol. The topological polar surface area (TPSA) is 49.3 Å². The highest BCUT2D eigenvalue weighted by molar-refractivity contribution is 6.04. The molecule has 0 atom stereocenters. The molecule has 1 aromatic carbocycles. The summed E-state index contributed by atoms with van der Waals surface area (Å²) in [5.74, 6) is 0.606. The van der Waals surface area contributed by atoms with E-state index < -0.39 is 0 Å². The van der Waals surface area contributed by atoms with Crippen molar-refractivity contribution in [2.24, 2.45) is 0 Å². The molecule has 1 fully saturated rings. The maximum atomic E-state index is 13.0. The zero-order valence-electron chi connectivity index (χ0n) is 14.4. The first-order valence-corrected chi connectivity index (χ1v) is 8.66. The Morgan fingerprint density at radius 2 is 1.83 bits per heavy atom. The van der Waals surface area contributed by atoms with Gasteiger partial charge in [-0.3, -0.25) is 4.79 Å². The maximum Gasteiger partial charge on any atom is 0.277 e. The molecule has 3 rings (SSSR count). The zero-order chi connectivity index (χ0) is 16.9. The van der Waals surface area contributed by atoms with Gasteiger partial charge < -0.3 is 9.80 Å². The smallest absolute Gasteiger partial charge is 0.277 e. The molecule has 1 amide bonds. The van der Waals surface area contributed by atoms with Crippen molar-refractivity contribution >= 4 is 17.5 Å². The Kier molecular flexibility index (Phi) is 5.08. The van der Waals surface area contributed by atoms with Crippen molar-refractivity contribution in [1.29, 1.82) is 0 Å². The van der Waals surface area contributed by atoms with E-state index in [2.05, 4.69) is 14.9 Å². The van der Waals surface area contributed by atoms with Crippen molar-refractivity contribution in [3.63, 3.8) is 0 Å². The molecular weight excluding hydrogens is 300 g/mol. The largest absolute Gasteiger partial charge is 0.341 e. The van der Waals surface area contributed by atoms with Gasteiger partial charge in [-0.25, -0.2) is 9.97 Å². The van der Waals surface area contributed by atoms with Crippen LogP contribution in [-0.4, -0.2) is 35.5 Å². The van der Waals surface area contributed by atoms with Gasteiger partial charge in [0.2, 0.25) is 5.95 Å². The number of aromatic nitrogens is 2. The number of para-hydroxylation sites is 1. The van der Waals surface area contributed by atoms with Crippen LogP contribution in [-0.2, 0) is 0 Å². The Morgan fingerprint density at radius 1 is 1.12 bits per heavy atom. The Morgan fingerprint density at radius 3 is 2.50 bits per heavy atom. The number of carbonyl (C=O) groups is 1. The summed E-state index contributed by atoms with van der Waals surface area (Å²) in [6.45, 7) is 6.43. The van der Waals surface area contributed by atoms with Crippen LogP contribution in [0.5, 0.6) is 0 Å². The van der Waals surface area contributed by atoms with Gasteiger partial charge in [0, 0.05) is 31.0 Å². The lowest BCUT2D eigenvalue weighted by Gasteiger charge is -2.27. The van der Waals surface area contributed by atoms with Crippen LogP contribution >= 0.6 is 0 Å². The highest BCUT2D eigenvalue weighted by Gasteiger charge is 2.21. The Hall–Kier alpha value is -2.43. The molecule has 0 radical (unpaired) electrons. The Labute approximate surface area is 143 Å². The normalized spacial score (nSPS) is 14.5. The summed E-state index contributed by atoms with van der Waals surface area (Å²) in [7, 11) is 0. The third-order valence-electron chi connectivity index (χ3n) is 4.33. The van der Waals surface area contributed by atoms with Crippen molar-refractivity contribution in [3.8, 4) is 0 Å². The van der Waals surface area contributed by atoms with E-state index in [-0.39, 0.29) is 5.91 Å². The fourth-order valence-corrected chi connectivity index (χ4v) is 3.09. The molecule has 0 unspecified atom stereocenters. The van der Waals surface area contributed by atoms with Crippen molar-refractivity contribution in [3.05, 3.63) is 47.8 Å². The van der Waals surface area contributed by atoms with Gasteiger partial charge >= 0.3 is 0 Å². The summed E-state index contributed by atoms with van der Waals surface area (Å²) in [6.07, 6.45) is 3.57. The number of hydrogen-bond donors (Lipinski definition) is 0. The molecule has 1 aliphatic rings. The predicted octanol–water partition coefficient (Wildman–Crippen LogP) is 3.44. The second-order valence-corrected chi connectivity index (χ2v) is 6.13. The summed E-state index contributed by atoms with van der Waals surface area (Å²) in [5, 5.41) is 0. The van der Waals surface area contributed by atoms with Gasteiger partial charge in [-0.2, -0.15) is 0 Å². The molecule has 1 aliphatic heterocycles. The molecular formula is C19H24N4O. The zero-order valence-corrected chi connectivity index (χ0v) is 14.4. The van der Waals surface area contributed by atoms with Crippen molar-refractivity contribution in [2.75, 3.05) is 29.4 Å². The number of nitrogens with zero attached hydrogens (tertiary/aromatic N) is 4. The van der Waals surface area contributed by atoms with Gasteiger partial charge in [0.1, 0.15) is 5.69 Å². The molecule has 0 N–H and O–H groups in total. The molecule has 0 spiro atoms. The number of anilines is 2. The fraction of sp³-hybridized carbons (Fsp3) is 0.421. The number of aryl methyl sites for hydroxylation is 1. The van der Waals surface area contributed by atoms with Gasteiger partial charge in [0.05, 0.1) is 0 Å². The number of benzene rings is 1. The first kappa shape index (κ1) is 16.4. The van der Waals surface area contributed by atoms with Gasteiger partial charge in [-0.05, 0) is 51.3 Å². The highest BCUT2D eigenvalue weighted by Crippen LogP contribution is 2.20. The molecule has 2 heterocycles. The number of amides is 1. The molecule has 0 saturated carbocycles. The Bertz CT molecular complexity index is 696. The van der Waals surface area contributed by atoms with Crippen LogP contribution in [0, 0.1) is 6.92 Å². The van der Waals surface area contributed by atoms with Crippen LogP contribution in [0.2, 0.25) is 0 Å². The van der Waals surface area contributed by atoms with E-state index in [1.54, 1.807) is 11.0 Å². The standard InChI is InChI=1S/C19H24N4O/c1-3-23(16-10-6-4-7-11-16)18(24)17-14-15(2)20-19(21-17)22-12-8-5-9-13-22/h4,6-7,10-11,14H,3,5,8-9,12-13H2,1-2H3. The number of piperidine rings is 1. The SMILES string of the molecule is CCN(C(=O)c1cc(C)nc(N2CCCCC2)n1)c1ccccc1. The van der Waals surface area contributed by atoms with Crippen LogP contribution in [0.25, 0.3) is 0 Å². The molecule has 1 saturated heterocycles. The minimum absolute atomic E-state index is 0.0764. The van der Waals surface area contributed by atoms with E-state index in [4.69, 9.17) is 0 Å². The molecule has 24 heavy (non-hydrogen) atoms. The van der Waals surface area contributed by atoms with Gasteiger partial charge in [-0.1, -0.05) is 18.2 Å². The van der Waals surface area contributed by atoms with Crippen LogP contribution in [0.3, 0.4) is 0 Å². The summed E-state index contributed by atoms with van der Waals surface area (Å²) in [6, 6.07) is 11.5. The van der Waals surface area contributed by atoms with Crippen LogP contribution < -0.4 is 9.80 Å². The van der Waals surface area contributed by atoms with Crippen molar-refractivity contribution < 1.29 is 4.79 Å². The monoisotopic (exact) mass is 324 g/mol. The molecule has 2 aromatic rings. The number of hydrogen-bond acceptors (Lipinski definition) is 4. The summed E-state index contributed by atoms with van der Waals surface area (Å²) >= 11 is 0. The highest BCUT2D eigenvalue weighted by atomic mass is 16.2. The van der Waals surface area contributed by atoms with Crippen LogP contribution in [0.15, 0.2) is 36.4 Å². The Balaban J connectivity index is 1.90. The van der Waals surface area contributed by atoms with Crippen LogP contribution in [0.4, 0.5) is 11.6 Å². The number of rotatable bonds is 4. The van der Waals surface area contributed by atoms with E-state index in [0.717, 1.165) is 37.3 Å². The fourth-order valence-electron chi connectivity index (χ4n) is 3.09.